The van der Waals surface area contributed by atoms with Crippen molar-refractivity contribution in [2.45, 2.75) is 0 Å². The SMILES string of the molecule is c1ccc(-c2ccc(-n3c4ccccc4c4ccc(N(c5ccccc5)c5cc6ccccc6c6ccccc56)cc43)cc2)cc1. The molecule has 9 aromatic rings. The smallest absolute Gasteiger partial charge is 0.0561 e. The fourth-order valence-corrected chi connectivity index (χ4v) is 7.03. The lowest BCUT2D eigenvalue weighted by Gasteiger charge is -2.28. The normalized spacial score (nSPS) is 11.5. The largest absolute Gasteiger partial charge is 0.310 e. The van der Waals surface area contributed by atoms with E-state index < -0.39 is 0 Å². The molecule has 216 valence electrons. The summed E-state index contributed by atoms with van der Waals surface area (Å²) >= 11 is 0. The monoisotopic (exact) mass is 586 g/mol. The summed E-state index contributed by atoms with van der Waals surface area (Å²) < 4.78 is 2.41. The minimum atomic E-state index is 1.11. The molecule has 0 bridgehead atoms. The molecule has 9 rings (SSSR count). The molecule has 0 aliphatic rings. The van der Waals surface area contributed by atoms with Gasteiger partial charge in [0.25, 0.3) is 0 Å². The maximum absolute atomic E-state index is 2.41. The summed E-state index contributed by atoms with van der Waals surface area (Å²) in [5.41, 5.74) is 9.35. The van der Waals surface area contributed by atoms with Gasteiger partial charge in [0.2, 0.25) is 0 Å². The summed E-state index contributed by atoms with van der Waals surface area (Å²) in [6, 6.07) is 65.7. The van der Waals surface area contributed by atoms with Crippen LogP contribution in [0.5, 0.6) is 0 Å². The predicted octanol–water partition coefficient (Wildman–Crippen LogP) is 12.2. The average Bonchev–Trinajstić information content (AvgIpc) is 3.46. The van der Waals surface area contributed by atoms with Crippen molar-refractivity contribution < 1.29 is 0 Å². The van der Waals surface area contributed by atoms with E-state index in [1.165, 1.54) is 54.5 Å². The van der Waals surface area contributed by atoms with Crippen LogP contribution in [-0.4, -0.2) is 4.57 Å². The average molecular weight is 587 g/mol. The number of fused-ring (bicyclic) bond motifs is 6. The molecule has 2 nitrogen and oxygen atoms in total. The van der Waals surface area contributed by atoms with E-state index in [4.69, 9.17) is 0 Å². The highest BCUT2D eigenvalue weighted by Crippen LogP contribution is 2.43. The Kier molecular flexibility index (Phi) is 6.17. The van der Waals surface area contributed by atoms with Crippen molar-refractivity contribution in [3.63, 3.8) is 0 Å². The lowest BCUT2D eigenvalue weighted by molar-refractivity contribution is 1.18. The van der Waals surface area contributed by atoms with E-state index >= 15 is 0 Å². The van der Waals surface area contributed by atoms with Crippen molar-refractivity contribution >= 4 is 60.4 Å². The van der Waals surface area contributed by atoms with Gasteiger partial charge < -0.3 is 9.47 Å². The Morgan fingerprint density at radius 1 is 0.348 bits per heavy atom. The van der Waals surface area contributed by atoms with Gasteiger partial charge in [-0.2, -0.15) is 0 Å². The fraction of sp³-hybridized carbons (Fsp3) is 0. The quantitative estimate of drug-likeness (QED) is 0.182. The molecule has 0 amide bonds. The van der Waals surface area contributed by atoms with Crippen molar-refractivity contribution in [3.8, 4) is 16.8 Å². The summed E-state index contributed by atoms with van der Waals surface area (Å²) in [6.07, 6.45) is 0. The minimum absolute atomic E-state index is 1.11. The number of hydrogen-bond donors (Lipinski definition) is 0. The maximum Gasteiger partial charge on any atom is 0.0561 e. The highest BCUT2D eigenvalue weighted by atomic mass is 15.1. The summed E-state index contributed by atoms with van der Waals surface area (Å²) in [6.45, 7) is 0. The summed E-state index contributed by atoms with van der Waals surface area (Å²) in [7, 11) is 0. The molecule has 46 heavy (non-hydrogen) atoms. The van der Waals surface area contributed by atoms with Crippen LogP contribution in [0.15, 0.2) is 182 Å². The molecular weight excluding hydrogens is 556 g/mol. The van der Waals surface area contributed by atoms with E-state index in [2.05, 4.69) is 191 Å². The van der Waals surface area contributed by atoms with E-state index in [0.29, 0.717) is 0 Å². The second-order valence-electron chi connectivity index (χ2n) is 11.8. The number of benzene rings is 8. The fourth-order valence-electron chi connectivity index (χ4n) is 7.03. The number of hydrogen-bond acceptors (Lipinski definition) is 1. The Bertz CT molecular complexity index is 2510. The van der Waals surface area contributed by atoms with Crippen LogP contribution >= 0.6 is 0 Å². The van der Waals surface area contributed by atoms with E-state index in [1.807, 2.05) is 0 Å². The summed E-state index contributed by atoms with van der Waals surface area (Å²) in [5.74, 6) is 0. The van der Waals surface area contributed by atoms with Gasteiger partial charge in [-0.15, -0.1) is 0 Å². The number of anilines is 3. The molecule has 1 heterocycles. The van der Waals surface area contributed by atoms with Gasteiger partial charge in [0.1, 0.15) is 0 Å². The van der Waals surface area contributed by atoms with Crippen LogP contribution in [0.2, 0.25) is 0 Å². The zero-order valence-electron chi connectivity index (χ0n) is 25.2. The maximum atomic E-state index is 2.41. The summed E-state index contributed by atoms with van der Waals surface area (Å²) in [4.78, 5) is 2.41. The Balaban J connectivity index is 1.30. The molecule has 2 heteroatoms. The van der Waals surface area contributed by atoms with Crippen LogP contribution < -0.4 is 4.90 Å². The molecule has 0 radical (unpaired) electrons. The summed E-state index contributed by atoms with van der Waals surface area (Å²) in [5, 5.41) is 7.46. The molecule has 0 N–H and O–H groups in total. The molecule has 0 atom stereocenters. The molecular formula is C44H30N2. The number of para-hydroxylation sites is 2. The molecule has 0 aliphatic heterocycles. The van der Waals surface area contributed by atoms with Crippen molar-refractivity contribution in [1.82, 2.24) is 4.57 Å². The first-order chi connectivity index (χ1) is 22.8. The Labute approximate surface area is 268 Å². The zero-order valence-corrected chi connectivity index (χ0v) is 25.2. The van der Waals surface area contributed by atoms with Crippen molar-refractivity contribution in [2.75, 3.05) is 4.90 Å². The number of nitrogens with zero attached hydrogens (tertiary/aromatic N) is 2. The van der Waals surface area contributed by atoms with E-state index in [1.54, 1.807) is 0 Å². The molecule has 0 saturated heterocycles. The molecule has 0 fully saturated rings. The first kappa shape index (κ1) is 26.3. The van der Waals surface area contributed by atoms with Gasteiger partial charge in [-0.25, -0.2) is 0 Å². The molecule has 0 unspecified atom stereocenters. The van der Waals surface area contributed by atoms with Crippen LogP contribution in [-0.2, 0) is 0 Å². The third kappa shape index (κ3) is 4.27. The van der Waals surface area contributed by atoms with Crippen LogP contribution in [0.25, 0.3) is 60.2 Å². The highest BCUT2D eigenvalue weighted by molar-refractivity contribution is 6.15. The molecule has 0 saturated carbocycles. The zero-order chi connectivity index (χ0) is 30.5. The van der Waals surface area contributed by atoms with E-state index in [-0.39, 0.29) is 0 Å². The lowest BCUT2D eigenvalue weighted by atomic mass is 9.99. The van der Waals surface area contributed by atoms with Gasteiger partial charge in [-0.1, -0.05) is 133 Å². The van der Waals surface area contributed by atoms with E-state index in [9.17, 15) is 0 Å². The first-order valence-corrected chi connectivity index (χ1v) is 15.8. The lowest BCUT2D eigenvalue weighted by Crippen LogP contribution is -2.10. The predicted molar refractivity (Wildman–Crippen MR) is 196 cm³/mol. The van der Waals surface area contributed by atoms with Crippen LogP contribution in [0, 0.1) is 0 Å². The number of aromatic nitrogens is 1. The van der Waals surface area contributed by atoms with Crippen molar-refractivity contribution in [3.05, 3.63) is 182 Å². The minimum Gasteiger partial charge on any atom is -0.310 e. The third-order valence-electron chi connectivity index (χ3n) is 9.15. The van der Waals surface area contributed by atoms with Crippen molar-refractivity contribution in [1.29, 1.82) is 0 Å². The second-order valence-corrected chi connectivity index (χ2v) is 11.8. The van der Waals surface area contributed by atoms with Gasteiger partial charge in [0.15, 0.2) is 0 Å². The van der Waals surface area contributed by atoms with Gasteiger partial charge in [-0.05, 0) is 75.8 Å². The van der Waals surface area contributed by atoms with Crippen LogP contribution in [0.3, 0.4) is 0 Å². The van der Waals surface area contributed by atoms with Gasteiger partial charge in [0, 0.05) is 33.2 Å². The van der Waals surface area contributed by atoms with Gasteiger partial charge in [0.05, 0.1) is 16.7 Å². The number of rotatable bonds is 5. The molecule has 8 aromatic carbocycles. The Morgan fingerprint density at radius 2 is 0.935 bits per heavy atom. The molecule has 0 aliphatic carbocycles. The standard InChI is InChI=1S/C44H30N2/c1-3-13-31(14-4-1)32-23-25-35(26-24-32)46-42-22-12-11-21-40(42)41-28-27-36(30-44(41)46)45(34-16-5-2-6-17-34)43-29-33-15-7-8-18-37(33)38-19-9-10-20-39(38)43/h1-30H. The Morgan fingerprint density at radius 3 is 1.72 bits per heavy atom. The van der Waals surface area contributed by atoms with Crippen LogP contribution in [0.1, 0.15) is 0 Å². The highest BCUT2D eigenvalue weighted by Gasteiger charge is 2.20. The first-order valence-electron chi connectivity index (χ1n) is 15.8. The second kappa shape index (κ2) is 10.8. The topological polar surface area (TPSA) is 8.17 Å². The molecule has 1 aromatic heterocycles. The van der Waals surface area contributed by atoms with Gasteiger partial charge in [-0.3, -0.25) is 0 Å². The third-order valence-corrected chi connectivity index (χ3v) is 9.15. The van der Waals surface area contributed by atoms with Crippen LogP contribution in [0.4, 0.5) is 17.1 Å². The van der Waals surface area contributed by atoms with E-state index in [0.717, 1.165) is 22.7 Å². The van der Waals surface area contributed by atoms with Crippen molar-refractivity contribution in [2.24, 2.45) is 0 Å². The molecule has 0 spiro atoms. The van der Waals surface area contributed by atoms with Gasteiger partial charge >= 0.3 is 0 Å². The Hall–Kier alpha value is -6.12.